The Hall–Kier alpha value is -0.620. The maximum Gasteiger partial charge on any atom is 0.240 e. The molecule has 0 unspecified atom stereocenters. The van der Waals surface area contributed by atoms with E-state index in [9.17, 15) is 4.79 Å². The fraction of sp³-hybridized carbons (Fsp3) is 0.632. The van der Waals surface area contributed by atoms with Gasteiger partial charge < -0.3 is 15.8 Å². The number of carbonyl (C=O) groups is 1. The lowest BCUT2D eigenvalue weighted by Crippen LogP contribution is -2.57. The van der Waals surface area contributed by atoms with Gasteiger partial charge in [-0.05, 0) is 43.4 Å². The van der Waals surface area contributed by atoms with Crippen LogP contribution in [0.3, 0.4) is 0 Å². The Kier molecular flexibility index (Phi) is 7.32. The summed E-state index contributed by atoms with van der Waals surface area (Å²) >= 11 is 3.57. The molecule has 3 N–H and O–H groups in total. The summed E-state index contributed by atoms with van der Waals surface area (Å²) < 4.78 is 6.64. The molecule has 1 aliphatic carbocycles. The summed E-state index contributed by atoms with van der Waals surface area (Å²) in [5, 5.41) is 3.19. The maximum absolute atomic E-state index is 12.7. The molecule has 0 aromatic heterocycles. The van der Waals surface area contributed by atoms with E-state index in [1.165, 1.54) is 12.0 Å². The molecule has 1 saturated carbocycles. The zero-order chi connectivity index (χ0) is 17.0. The van der Waals surface area contributed by atoms with Gasteiger partial charge in [-0.25, -0.2) is 0 Å². The van der Waals surface area contributed by atoms with Gasteiger partial charge in [0.1, 0.15) is 0 Å². The summed E-state index contributed by atoms with van der Waals surface area (Å²) in [5.74, 6) is 0.0167. The van der Waals surface area contributed by atoms with E-state index in [0.717, 1.165) is 56.2 Å². The highest BCUT2D eigenvalue weighted by molar-refractivity contribution is 9.10. The molecule has 0 radical (unpaired) electrons. The van der Waals surface area contributed by atoms with E-state index in [1.807, 2.05) is 6.07 Å². The average Bonchev–Trinajstić information content (AvgIpc) is 2.61. The Morgan fingerprint density at radius 3 is 2.48 bits per heavy atom. The van der Waals surface area contributed by atoms with E-state index < -0.39 is 5.54 Å². The van der Waals surface area contributed by atoms with Crippen molar-refractivity contribution in [1.29, 1.82) is 0 Å². The fourth-order valence-electron chi connectivity index (χ4n) is 3.98. The average molecular weight is 432 g/mol. The molecule has 6 heteroatoms. The predicted molar refractivity (Wildman–Crippen MR) is 106 cm³/mol. The second-order valence-corrected chi connectivity index (χ2v) is 8.22. The van der Waals surface area contributed by atoms with Crippen LogP contribution in [0.4, 0.5) is 0 Å². The normalized spacial score (nSPS) is 21.8. The minimum atomic E-state index is -0.679. The summed E-state index contributed by atoms with van der Waals surface area (Å²) in [6, 6.07) is 8.41. The number of nitrogens with two attached hydrogens (primary N) is 1. The van der Waals surface area contributed by atoms with Crippen LogP contribution in [-0.2, 0) is 14.9 Å². The van der Waals surface area contributed by atoms with Gasteiger partial charge in [0.05, 0.1) is 5.54 Å². The minimum Gasteiger partial charge on any atom is -0.381 e. The standard InChI is InChI=1S/C19H27BrN2O2.ClH/c20-16-6-4-5-15(13-16)18(9-11-24-12-10-18)14-22-17(23)19(21)7-2-1-3-8-19;/h4-6,13H,1-3,7-12,14,21H2,(H,22,23);1H. The molecule has 3 rings (SSSR count). The number of rotatable bonds is 4. The van der Waals surface area contributed by atoms with Gasteiger partial charge in [-0.15, -0.1) is 12.4 Å². The third-order valence-corrected chi connectivity index (χ3v) is 6.17. The molecule has 4 nitrogen and oxygen atoms in total. The Morgan fingerprint density at radius 2 is 1.84 bits per heavy atom. The Balaban J connectivity index is 0.00000225. The van der Waals surface area contributed by atoms with E-state index in [-0.39, 0.29) is 23.7 Å². The highest BCUT2D eigenvalue weighted by Crippen LogP contribution is 2.36. The van der Waals surface area contributed by atoms with Crippen LogP contribution in [0.15, 0.2) is 28.7 Å². The number of carbonyl (C=O) groups excluding carboxylic acids is 1. The van der Waals surface area contributed by atoms with Gasteiger partial charge in [0, 0.05) is 29.6 Å². The fourth-order valence-corrected chi connectivity index (χ4v) is 4.38. The molecule has 0 atom stereocenters. The summed E-state index contributed by atoms with van der Waals surface area (Å²) in [6.45, 7) is 2.09. The van der Waals surface area contributed by atoms with Gasteiger partial charge in [0.2, 0.25) is 5.91 Å². The van der Waals surface area contributed by atoms with Gasteiger partial charge >= 0.3 is 0 Å². The molecular formula is C19H28BrClN2O2. The van der Waals surface area contributed by atoms with Crippen molar-refractivity contribution in [3.8, 4) is 0 Å². The molecule has 1 saturated heterocycles. The molecule has 140 valence electrons. The van der Waals surface area contributed by atoms with E-state index in [4.69, 9.17) is 10.5 Å². The van der Waals surface area contributed by atoms with Crippen LogP contribution in [0, 0.1) is 0 Å². The van der Waals surface area contributed by atoms with Crippen LogP contribution in [-0.4, -0.2) is 31.2 Å². The van der Waals surface area contributed by atoms with Crippen molar-refractivity contribution < 1.29 is 9.53 Å². The van der Waals surface area contributed by atoms with E-state index >= 15 is 0 Å². The molecule has 1 aromatic rings. The van der Waals surface area contributed by atoms with Crippen molar-refractivity contribution in [2.45, 2.75) is 55.9 Å². The van der Waals surface area contributed by atoms with Crippen molar-refractivity contribution in [1.82, 2.24) is 5.32 Å². The van der Waals surface area contributed by atoms with Crippen LogP contribution in [0.25, 0.3) is 0 Å². The number of amides is 1. The number of benzene rings is 1. The molecule has 0 bridgehead atoms. The van der Waals surface area contributed by atoms with Crippen molar-refractivity contribution in [3.63, 3.8) is 0 Å². The van der Waals surface area contributed by atoms with Crippen LogP contribution < -0.4 is 11.1 Å². The first-order valence-electron chi connectivity index (χ1n) is 8.95. The van der Waals surface area contributed by atoms with E-state index in [1.54, 1.807) is 0 Å². The van der Waals surface area contributed by atoms with Gasteiger partial charge in [-0.2, -0.15) is 0 Å². The monoisotopic (exact) mass is 430 g/mol. The smallest absolute Gasteiger partial charge is 0.240 e. The molecule has 0 spiro atoms. The highest BCUT2D eigenvalue weighted by Gasteiger charge is 2.39. The van der Waals surface area contributed by atoms with E-state index in [2.05, 4.69) is 39.4 Å². The largest absolute Gasteiger partial charge is 0.381 e. The summed E-state index contributed by atoms with van der Waals surface area (Å²) in [7, 11) is 0. The van der Waals surface area contributed by atoms with Gasteiger partial charge in [-0.3, -0.25) is 4.79 Å². The highest BCUT2D eigenvalue weighted by atomic mass is 79.9. The third-order valence-electron chi connectivity index (χ3n) is 5.67. The molecule has 1 heterocycles. The van der Waals surface area contributed by atoms with Crippen LogP contribution >= 0.6 is 28.3 Å². The number of hydrogen-bond donors (Lipinski definition) is 2. The molecule has 2 fully saturated rings. The molecule has 1 aliphatic heterocycles. The molecule has 1 aromatic carbocycles. The van der Waals surface area contributed by atoms with Crippen LogP contribution in [0.5, 0.6) is 0 Å². The number of hydrogen-bond acceptors (Lipinski definition) is 3. The SMILES string of the molecule is Cl.NC1(C(=O)NCC2(c3cccc(Br)c3)CCOCC2)CCCCC1. The number of nitrogens with one attached hydrogen (secondary N) is 1. The zero-order valence-electron chi connectivity index (χ0n) is 14.6. The van der Waals surface area contributed by atoms with Crippen molar-refractivity contribution in [3.05, 3.63) is 34.3 Å². The second kappa shape index (κ2) is 8.85. The van der Waals surface area contributed by atoms with Gasteiger partial charge in [-0.1, -0.05) is 47.3 Å². The molecular weight excluding hydrogens is 404 g/mol. The van der Waals surface area contributed by atoms with Gasteiger partial charge in [0.25, 0.3) is 0 Å². The van der Waals surface area contributed by atoms with Crippen LogP contribution in [0.2, 0.25) is 0 Å². The van der Waals surface area contributed by atoms with Gasteiger partial charge in [0.15, 0.2) is 0 Å². The Bertz CT molecular complexity index is 585. The number of halogens is 2. The van der Waals surface area contributed by atoms with Crippen molar-refractivity contribution in [2.24, 2.45) is 5.73 Å². The maximum atomic E-state index is 12.7. The minimum absolute atomic E-state index is 0. The van der Waals surface area contributed by atoms with Crippen molar-refractivity contribution >= 4 is 34.2 Å². The summed E-state index contributed by atoms with van der Waals surface area (Å²) in [6.07, 6.45) is 6.72. The quantitative estimate of drug-likeness (QED) is 0.764. The number of ether oxygens (including phenoxy) is 1. The second-order valence-electron chi connectivity index (χ2n) is 7.30. The lowest BCUT2D eigenvalue weighted by Gasteiger charge is -2.39. The zero-order valence-corrected chi connectivity index (χ0v) is 17.0. The lowest BCUT2D eigenvalue weighted by atomic mass is 9.73. The molecule has 25 heavy (non-hydrogen) atoms. The Labute approximate surface area is 164 Å². The predicted octanol–water partition coefficient (Wildman–Crippen LogP) is 3.70. The first-order chi connectivity index (χ1) is 11.5. The summed E-state index contributed by atoms with van der Waals surface area (Å²) in [4.78, 5) is 12.7. The van der Waals surface area contributed by atoms with Crippen molar-refractivity contribution in [2.75, 3.05) is 19.8 Å². The Morgan fingerprint density at radius 1 is 1.16 bits per heavy atom. The van der Waals surface area contributed by atoms with E-state index in [0.29, 0.717) is 6.54 Å². The molecule has 2 aliphatic rings. The third kappa shape index (κ3) is 4.76. The lowest BCUT2D eigenvalue weighted by molar-refractivity contribution is -0.128. The topological polar surface area (TPSA) is 64.4 Å². The first-order valence-corrected chi connectivity index (χ1v) is 9.74. The summed E-state index contributed by atoms with van der Waals surface area (Å²) in [5.41, 5.74) is 6.89. The molecule has 1 amide bonds. The first kappa shape index (κ1) is 20.7. The van der Waals surface area contributed by atoms with Crippen LogP contribution in [0.1, 0.15) is 50.5 Å².